The second-order valence-electron chi connectivity index (χ2n) is 5.35. The van der Waals surface area contributed by atoms with Gasteiger partial charge < -0.3 is 10.5 Å². The number of hydrogen-bond acceptors (Lipinski definition) is 2. The molecule has 1 unspecified atom stereocenters. The minimum atomic E-state index is -0.00477. The molecular formula is C17H18BrNO. The van der Waals surface area contributed by atoms with Gasteiger partial charge in [-0.25, -0.2) is 0 Å². The zero-order valence-corrected chi connectivity index (χ0v) is 13.1. The summed E-state index contributed by atoms with van der Waals surface area (Å²) in [5, 5.41) is 0. The molecule has 0 spiro atoms. The van der Waals surface area contributed by atoms with E-state index in [0.29, 0.717) is 5.92 Å². The summed E-state index contributed by atoms with van der Waals surface area (Å²) in [5.74, 6) is 1.31. The molecule has 2 nitrogen and oxygen atoms in total. The maximum atomic E-state index is 6.52. The van der Waals surface area contributed by atoms with Crippen LogP contribution in [0.25, 0.3) is 0 Å². The number of methoxy groups -OCH3 is 1. The molecule has 2 N–H and O–H groups in total. The van der Waals surface area contributed by atoms with Crippen LogP contribution in [-0.4, -0.2) is 7.11 Å². The molecule has 0 heterocycles. The molecule has 1 atom stereocenters. The smallest absolute Gasteiger partial charge is 0.123 e. The molecule has 3 heteroatoms. The molecule has 2 aromatic carbocycles. The van der Waals surface area contributed by atoms with Crippen molar-refractivity contribution in [2.75, 3.05) is 7.11 Å². The minimum absolute atomic E-state index is 0.00477. The lowest BCUT2D eigenvalue weighted by molar-refractivity contribution is 0.387. The molecule has 0 aromatic heterocycles. The summed E-state index contributed by atoms with van der Waals surface area (Å²) in [7, 11) is 1.70. The molecule has 0 amide bonds. The quantitative estimate of drug-likeness (QED) is 0.926. The van der Waals surface area contributed by atoms with Gasteiger partial charge in [-0.2, -0.15) is 0 Å². The maximum Gasteiger partial charge on any atom is 0.123 e. The van der Waals surface area contributed by atoms with Crippen LogP contribution in [0, 0.1) is 5.92 Å². The molecule has 20 heavy (non-hydrogen) atoms. The van der Waals surface area contributed by atoms with Gasteiger partial charge in [-0.3, -0.25) is 0 Å². The fourth-order valence-electron chi connectivity index (χ4n) is 3.07. The zero-order chi connectivity index (χ0) is 14.1. The van der Waals surface area contributed by atoms with Crippen LogP contribution >= 0.6 is 15.9 Å². The van der Waals surface area contributed by atoms with Crippen molar-refractivity contribution >= 4 is 15.9 Å². The molecule has 1 aliphatic carbocycles. The summed E-state index contributed by atoms with van der Waals surface area (Å²) < 4.78 is 6.50. The lowest BCUT2D eigenvalue weighted by atomic mass is 9.91. The molecule has 0 saturated carbocycles. The first kappa shape index (κ1) is 13.7. The number of benzene rings is 2. The zero-order valence-electron chi connectivity index (χ0n) is 11.5. The van der Waals surface area contributed by atoms with Gasteiger partial charge in [-0.05, 0) is 48.1 Å². The second-order valence-corrected chi connectivity index (χ2v) is 6.26. The fraction of sp³-hybridized carbons (Fsp3) is 0.294. The Balaban J connectivity index is 1.88. The van der Waals surface area contributed by atoms with E-state index in [2.05, 4.69) is 46.3 Å². The van der Waals surface area contributed by atoms with E-state index in [0.717, 1.165) is 28.6 Å². The summed E-state index contributed by atoms with van der Waals surface area (Å²) >= 11 is 3.52. The van der Waals surface area contributed by atoms with Crippen molar-refractivity contribution in [3.63, 3.8) is 0 Å². The van der Waals surface area contributed by atoms with Crippen molar-refractivity contribution in [2.45, 2.75) is 18.9 Å². The number of ether oxygens (including phenoxy) is 1. The van der Waals surface area contributed by atoms with Gasteiger partial charge in [0.05, 0.1) is 7.11 Å². The van der Waals surface area contributed by atoms with Crippen LogP contribution < -0.4 is 10.5 Å². The number of halogens is 1. The molecule has 0 radical (unpaired) electrons. The summed E-state index contributed by atoms with van der Waals surface area (Å²) in [6, 6.07) is 14.7. The highest BCUT2D eigenvalue weighted by molar-refractivity contribution is 9.10. The lowest BCUT2D eigenvalue weighted by Gasteiger charge is -2.21. The average molecular weight is 332 g/mol. The van der Waals surface area contributed by atoms with Crippen LogP contribution in [0.3, 0.4) is 0 Å². The van der Waals surface area contributed by atoms with Crippen LogP contribution in [0.4, 0.5) is 0 Å². The predicted molar refractivity (Wildman–Crippen MR) is 85.0 cm³/mol. The summed E-state index contributed by atoms with van der Waals surface area (Å²) in [5.41, 5.74) is 10.5. The summed E-state index contributed by atoms with van der Waals surface area (Å²) in [6.07, 6.45) is 2.10. The van der Waals surface area contributed by atoms with E-state index in [1.807, 2.05) is 12.1 Å². The van der Waals surface area contributed by atoms with Crippen LogP contribution in [0.1, 0.15) is 22.7 Å². The van der Waals surface area contributed by atoms with Crippen molar-refractivity contribution in [1.82, 2.24) is 0 Å². The highest BCUT2D eigenvalue weighted by Gasteiger charge is 2.28. The first-order valence-corrected chi connectivity index (χ1v) is 7.64. The van der Waals surface area contributed by atoms with Crippen molar-refractivity contribution in [3.8, 4) is 5.75 Å². The van der Waals surface area contributed by atoms with Gasteiger partial charge >= 0.3 is 0 Å². The number of rotatable bonds is 3. The average Bonchev–Trinajstić information content (AvgIpc) is 2.90. The molecule has 0 saturated heterocycles. The highest BCUT2D eigenvalue weighted by Crippen LogP contribution is 2.37. The first-order valence-electron chi connectivity index (χ1n) is 6.85. The van der Waals surface area contributed by atoms with Crippen molar-refractivity contribution in [1.29, 1.82) is 0 Å². The topological polar surface area (TPSA) is 35.2 Å². The van der Waals surface area contributed by atoms with Gasteiger partial charge in [0.1, 0.15) is 5.75 Å². The molecule has 0 aliphatic heterocycles. The van der Waals surface area contributed by atoms with Crippen molar-refractivity contribution in [2.24, 2.45) is 11.7 Å². The van der Waals surface area contributed by atoms with Crippen LogP contribution in [0.5, 0.6) is 5.75 Å². The Morgan fingerprint density at radius 2 is 1.80 bits per heavy atom. The third kappa shape index (κ3) is 2.48. The molecule has 1 aliphatic rings. The Hall–Kier alpha value is -1.32. The number of hydrogen-bond donors (Lipinski definition) is 1. The monoisotopic (exact) mass is 331 g/mol. The van der Waals surface area contributed by atoms with Crippen LogP contribution in [0.2, 0.25) is 0 Å². The molecule has 2 aromatic rings. The van der Waals surface area contributed by atoms with Crippen molar-refractivity contribution < 1.29 is 4.74 Å². The Morgan fingerprint density at radius 1 is 1.15 bits per heavy atom. The third-order valence-electron chi connectivity index (χ3n) is 4.14. The van der Waals surface area contributed by atoms with E-state index in [1.165, 1.54) is 11.1 Å². The Kier molecular flexibility index (Phi) is 3.81. The third-order valence-corrected chi connectivity index (χ3v) is 4.63. The molecule has 0 bridgehead atoms. The van der Waals surface area contributed by atoms with Gasteiger partial charge in [0.25, 0.3) is 0 Å². The van der Waals surface area contributed by atoms with E-state index in [-0.39, 0.29) is 6.04 Å². The van der Waals surface area contributed by atoms with E-state index in [4.69, 9.17) is 10.5 Å². The van der Waals surface area contributed by atoms with Gasteiger partial charge in [0.15, 0.2) is 0 Å². The Labute approximate surface area is 128 Å². The first-order chi connectivity index (χ1) is 9.69. The van der Waals surface area contributed by atoms with E-state index in [9.17, 15) is 0 Å². The number of fused-ring (bicyclic) bond motifs is 1. The van der Waals surface area contributed by atoms with Crippen LogP contribution in [0.15, 0.2) is 46.9 Å². The molecule has 3 rings (SSSR count). The van der Waals surface area contributed by atoms with E-state index in [1.54, 1.807) is 7.11 Å². The van der Waals surface area contributed by atoms with Gasteiger partial charge in [0, 0.05) is 16.1 Å². The van der Waals surface area contributed by atoms with E-state index >= 15 is 0 Å². The lowest BCUT2D eigenvalue weighted by Crippen LogP contribution is -2.22. The molecule has 0 fully saturated rings. The van der Waals surface area contributed by atoms with Crippen molar-refractivity contribution in [3.05, 3.63) is 63.6 Å². The molecular weight excluding hydrogens is 314 g/mol. The van der Waals surface area contributed by atoms with Gasteiger partial charge in [-0.15, -0.1) is 0 Å². The van der Waals surface area contributed by atoms with Crippen LogP contribution in [-0.2, 0) is 12.8 Å². The summed E-state index contributed by atoms with van der Waals surface area (Å²) in [6.45, 7) is 0. The fourth-order valence-corrected chi connectivity index (χ4v) is 3.45. The normalized spacial score (nSPS) is 15.9. The van der Waals surface area contributed by atoms with E-state index < -0.39 is 0 Å². The standard InChI is InChI=1S/C17H18BrNO/c1-20-16-7-6-14(18)10-15(16)17(19)13-8-11-4-2-3-5-12(11)9-13/h2-7,10,13,17H,8-9,19H2,1H3. The number of nitrogens with two attached hydrogens (primary N) is 1. The second kappa shape index (κ2) is 5.58. The Morgan fingerprint density at radius 3 is 2.40 bits per heavy atom. The predicted octanol–water partition coefficient (Wildman–Crippen LogP) is 3.87. The Bertz CT molecular complexity index is 601. The minimum Gasteiger partial charge on any atom is -0.496 e. The largest absolute Gasteiger partial charge is 0.496 e. The maximum absolute atomic E-state index is 6.52. The van der Waals surface area contributed by atoms with Gasteiger partial charge in [0.2, 0.25) is 0 Å². The molecule has 104 valence electrons. The summed E-state index contributed by atoms with van der Waals surface area (Å²) in [4.78, 5) is 0. The highest BCUT2D eigenvalue weighted by atomic mass is 79.9. The van der Waals surface area contributed by atoms with Gasteiger partial charge in [-0.1, -0.05) is 40.2 Å². The SMILES string of the molecule is COc1ccc(Br)cc1C(N)C1Cc2ccccc2C1.